The van der Waals surface area contributed by atoms with Gasteiger partial charge in [-0.3, -0.25) is 14.1 Å². The van der Waals surface area contributed by atoms with E-state index in [0.717, 1.165) is 11.5 Å². The highest BCUT2D eigenvalue weighted by atomic mass is 32.2. The van der Waals surface area contributed by atoms with Crippen LogP contribution in [0.25, 0.3) is 0 Å². The molecular formula is C35H26O7S2. The standard InChI is InChI=1S/C21H18O2S.C14H8O5S/c1-2-24(22,23)21(18-12-6-3-7-13-18,19-14-8-4-9-15-19)20-16-10-5-11-17-20;15-13-8-4-1-2-5-9(8)14(16)12-10(13)6-3-7-11(12)20(17,18)19/h2-17H,1H2;1-7H,(H,17,18,19). The number of ketones is 2. The van der Waals surface area contributed by atoms with Gasteiger partial charge in [-0.25, -0.2) is 8.42 Å². The van der Waals surface area contributed by atoms with E-state index < -0.39 is 41.2 Å². The zero-order chi connectivity index (χ0) is 31.5. The Bertz CT molecular complexity index is 1990. The molecule has 0 bridgehead atoms. The van der Waals surface area contributed by atoms with Gasteiger partial charge >= 0.3 is 0 Å². The van der Waals surface area contributed by atoms with E-state index >= 15 is 0 Å². The van der Waals surface area contributed by atoms with Gasteiger partial charge in [-0.1, -0.05) is 134 Å². The first-order valence-corrected chi connectivity index (χ1v) is 16.3. The van der Waals surface area contributed by atoms with Gasteiger partial charge in [0.05, 0.1) is 5.56 Å². The maximum atomic E-state index is 13.3. The molecule has 0 atom stereocenters. The number of rotatable bonds is 6. The molecule has 1 aliphatic carbocycles. The van der Waals surface area contributed by atoms with Crippen molar-refractivity contribution < 1.29 is 31.0 Å². The van der Waals surface area contributed by atoms with E-state index in [4.69, 9.17) is 0 Å². The topological polar surface area (TPSA) is 123 Å². The van der Waals surface area contributed by atoms with Crippen molar-refractivity contribution in [3.8, 4) is 0 Å². The van der Waals surface area contributed by atoms with Gasteiger partial charge in [0.1, 0.15) is 4.90 Å². The summed E-state index contributed by atoms with van der Waals surface area (Å²) in [5.41, 5.74) is 2.19. The van der Waals surface area contributed by atoms with Crippen LogP contribution in [-0.4, -0.2) is 33.0 Å². The number of benzene rings is 5. The van der Waals surface area contributed by atoms with Crippen LogP contribution in [0.4, 0.5) is 0 Å². The van der Waals surface area contributed by atoms with Crippen LogP contribution in [0.15, 0.2) is 150 Å². The molecule has 220 valence electrons. The first-order chi connectivity index (χ1) is 21.0. The Labute approximate surface area is 255 Å². The lowest BCUT2D eigenvalue weighted by Crippen LogP contribution is -2.37. The van der Waals surface area contributed by atoms with E-state index in [1.807, 2.05) is 91.0 Å². The summed E-state index contributed by atoms with van der Waals surface area (Å²) in [6.07, 6.45) is 0. The summed E-state index contributed by atoms with van der Waals surface area (Å²) in [5, 5.41) is 1.06. The number of fused-ring (bicyclic) bond motifs is 2. The van der Waals surface area contributed by atoms with Crippen LogP contribution in [0, 0.1) is 0 Å². The summed E-state index contributed by atoms with van der Waals surface area (Å²) in [6, 6.07) is 37.8. The number of hydrogen-bond donors (Lipinski definition) is 1. The van der Waals surface area contributed by atoms with Gasteiger partial charge in [0.2, 0.25) is 0 Å². The average molecular weight is 623 g/mol. The minimum Gasteiger partial charge on any atom is -0.289 e. The second kappa shape index (κ2) is 12.0. The fourth-order valence-electron chi connectivity index (χ4n) is 5.46. The molecule has 0 fully saturated rings. The highest BCUT2D eigenvalue weighted by Gasteiger charge is 2.47. The van der Waals surface area contributed by atoms with Crippen LogP contribution < -0.4 is 0 Å². The summed E-state index contributed by atoms with van der Waals surface area (Å²) in [6.45, 7) is 3.59. The molecule has 1 aliphatic rings. The fourth-order valence-corrected chi connectivity index (χ4v) is 7.82. The summed E-state index contributed by atoms with van der Waals surface area (Å²) >= 11 is 0. The Kier molecular flexibility index (Phi) is 8.29. The third-order valence-electron chi connectivity index (χ3n) is 7.38. The van der Waals surface area contributed by atoms with Crippen molar-refractivity contribution in [3.63, 3.8) is 0 Å². The molecule has 5 aromatic rings. The highest BCUT2D eigenvalue weighted by Crippen LogP contribution is 2.44. The van der Waals surface area contributed by atoms with Crippen molar-refractivity contribution in [2.75, 3.05) is 0 Å². The van der Waals surface area contributed by atoms with Gasteiger partial charge in [-0.2, -0.15) is 8.42 Å². The third-order valence-corrected chi connectivity index (χ3v) is 10.3. The molecule has 0 saturated heterocycles. The molecular weight excluding hydrogens is 597 g/mol. The first-order valence-electron chi connectivity index (χ1n) is 13.4. The SMILES string of the molecule is C=CS(=O)(=O)C(c1ccccc1)(c1ccccc1)c1ccccc1.O=C1c2ccccc2C(=O)c2c1cccc2S(=O)(=O)O. The van der Waals surface area contributed by atoms with Crippen molar-refractivity contribution in [1.29, 1.82) is 0 Å². The van der Waals surface area contributed by atoms with Crippen LogP contribution in [-0.2, 0) is 24.7 Å². The second-order valence-corrected chi connectivity index (χ2v) is 13.3. The summed E-state index contributed by atoms with van der Waals surface area (Å²) in [5.74, 6) is -1.01. The quantitative estimate of drug-likeness (QED) is 0.172. The number of carbonyl (C=O) groups is 2. The summed E-state index contributed by atoms with van der Waals surface area (Å²) < 4.78 is 57.2. The molecule has 7 nitrogen and oxygen atoms in total. The van der Waals surface area contributed by atoms with Gasteiger partial charge in [0.25, 0.3) is 10.1 Å². The third kappa shape index (κ3) is 5.22. The van der Waals surface area contributed by atoms with Crippen LogP contribution in [0.3, 0.4) is 0 Å². The zero-order valence-electron chi connectivity index (χ0n) is 23.2. The van der Waals surface area contributed by atoms with Gasteiger partial charge < -0.3 is 0 Å². The van der Waals surface area contributed by atoms with Crippen LogP contribution in [0.5, 0.6) is 0 Å². The lowest BCUT2D eigenvalue weighted by Gasteiger charge is -2.34. The normalized spacial score (nSPS) is 12.8. The molecule has 44 heavy (non-hydrogen) atoms. The maximum Gasteiger partial charge on any atom is 0.295 e. The molecule has 0 saturated carbocycles. The monoisotopic (exact) mass is 622 g/mol. The average Bonchev–Trinajstić information content (AvgIpc) is 3.05. The summed E-state index contributed by atoms with van der Waals surface area (Å²) in [4.78, 5) is 24.2. The Morgan fingerprint density at radius 3 is 1.32 bits per heavy atom. The van der Waals surface area contributed by atoms with Crippen molar-refractivity contribution in [2.45, 2.75) is 9.64 Å². The van der Waals surface area contributed by atoms with E-state index in [9.17, 15) is 31.0 Å². The van der Waals surface area contributed by atoms with E-state index in [2.05, 4.69) is 6.58 Å². The zero-order valence-corrected chi connectivity index (χ0v) is 24.8. The largest absolute Gasteiger partial charge is 0.295 e. The lowest BCUT2D eigenvalue weighted by atomic mass is 9.84. The molecule has 0 unspecified atom stereocenters. The van der Waals surface area contributed by atoms with Crippen LogP contribution in [0.1, 0.15) is 48.5 Å². The first kappa shape index (κ1) is 30.5. The molecule has 0 heterocycles. The predicted octanol–water partition coefficient (Wildman–Crippen LogP) is 6.25. The fraction of sp³-hybridized carbons (Fsp3) is 0.0286. The van der Waals surface area contributed by atoms with Crippen molar-refractivity contribution in [2.24, 2.45) is 0 Å². The summed E-state index contributed by atoms with van der Waals surface area (Å²) in [7, 11) is -8.29. The van der Waals surface area contributed by atoms with Crippen LogP contribution in [0.2, 0.25) is 0 Å². The van der Waals surface area contributed by atoms with Gasteiger partial charge in [0.15, 0.2) is 26.2 Å². The van der Waals surface area contributed by atoms with E-state index in [1.165, 1.54) is 24.3 Å². The van der Waals surface area contributed by atoms with Gasteiger partial charge in [-0.15, -0.1) is 0 Å². The molecule has 9 heteroatoms. The Morgan fingerprint density at radius 2 is 0.909 bits per heavy atom. The smallest absolute Gasteiger partial charge is 0.289 e. The minimum absolute atomic E-state index is 0.0103. The maximum absolute atomic E-state index is 13.3. The molecule has 0 radical (unpaired) electrons. The molecule has 5 aromatic carbocycles. The van der Waals surface area contributed by atoms with Crippen LogP contribution >= 0.6 is 0 Å². The van der Waals surface area contributed by atoms with Gasteiger partial charge in [0, 0.05) is 22.1 Å². The number of carbonyl (C=O) groups excluding carboxylic acids is 2. The Morgan fingerprint density at radius 1 is 0.523 bits per heavy atom. The molecule has 0 amide bonds. The van der Waals surface area contributed by atoms with E-state index in [1.54, 1.807) is 12.1 Å². The molecule has 1 N–H and O–H groups in total. The van der Waals surface area contributed by atoms with E-state index in [0.29, 0.717) is 16.7 Å². The lowest BCUT2D eigenvalue weighted by molar-refractivity contribution is 0.0976. The van der Waals surface area contributed by atoms with Crippen molar-refractivity contribution in [3.05, 3.63) is 184 Å². The molecule has 6 rings (SSSR count). The molecule has 0 spiro atoms. The minimum atomic E-state index is -4.58. The molecule has 0 aromatic heterocycles. The van der Waals surface area contributed by atoms with Gasteiger partial charge in [-0.05, 0) is 22.8 Å². The van der Waals surface area contributed by atoms with Crippen molar-refractivity contribution >= 4 is 31.5 Å². The van der Waals surface area contributed by atoms with Crippen molar-refractivity contribution in [1.82, 2.24) is 0 Å². The number of sulfone groups is 1. The Balaban J connectivity index is 0.000000177. The highest BCUT2D eigenvalue weighted by molar-refractivity contribution is 7.95. The second-order valence-electron chi connectivity index (χ2n) is 9.85. The molecule has 0 aliphatic heterocycles. The van der Waals surface area contributed by atoms with E-state index in [-0.39, 0.29) is 22.3 Å². The predicted molar refractivity (Wildman–Crippen MR) is 168 cm³/mol. The Hall–Kier alpha value is -4.96. The number of hydrogen-bond acceptors (Lipinski definition) is 6.